The molecule has 0 aromatic carbocycles. The van der Waals surface area contributed by atoms with Crippen LogP contribution in [0.15, 0.2) is 24.5 Å². The van der Waals surface area contributed by atoms with Crippen LogP contribution in [0.4, 0.5) is 0 Å². The van der Waals surface area contributed by atoms with Crippen LogP contribution in [0.2, 0.25) is 0 Å². The Hall–Kier alpha value is -1.88. The predicted octanol–water partition coefficient (Wildman–Crippen LogP) is 2.65. The van der Waals surface area contributed by atoms with Gasteiger partial charge in [-0.3, -0.25) is 9.69 Å². The average Bonchev–Trinajstić information content (AvgIpc) is 3.31. The first-order valence-electron chi connectivity index (χ1n) is 8.76. The zero-order valence-electron chi connectivity index (χ0n) is 13.7. The average molecular weight is 312 g/mol. The molecule has 4 rings (SSSR count). The number of carbonyl (C=O) groups excluding carboxylic acids is 1. The number of hydrogen-bond acceptors (Lipinski definition) is 3. The topological polar surface area (TPSA) is 52.2 Å². The Morgan fingerprint density at radius 1 is 1.30 bits per heavy atom. The zero-order chi connectivity index (χ0) is 15.8. The van der Waals surface area contributed by atoms with E-state index in [4.69, 9.17) is 0 Å². The summed E-state index contributed by atoms with van der Waals surface area (Å²) in [4.78, 5) is 25.2. The van der Waals surface area contributed by atoms with Gasteiger partial charge < -0.3 is 9.88 Å². The number of carbonyl (C=O) groups is 1. The van der Waals surface area contributed by atoms with Gasteiger partial charge in [-0.1, -0.05) is 6.92 Å². The highest BCUT2D eigenvalue weighted by Gasteiger charge is 2.39. The van der Waals surface area contributed by atoms with Crippen molar-refractivity contribution in [2.45, 2.75) is 44.7 Å². The lowest BCUT2D eigenvalue weighted by Crippen LogP contribution is -2.48. The molecule has 0 bridgehead atoms. The number of amides is 1. The molecule has 2 aliphatic rings. The molecule has 1 N–H and O–H groups in total. The molecule has 5 heteroatoms. The van der Waals surface area contributed by atoms with E-state index in [1.54, 1.807) is 6.20 Å². The fraction of sp³-hybridized carbons (Fsp3) is 0.556. The summed E-state index contributed by atoms with van der Waals surface area (Å²) in [6.45, 7) is 5.37. The van der Waals surface area contributed by atoms with Gasteiger partial charge in [-0.05, 0) is 50.9 Å². The van der Waals surface area contributed by atoms with Crippen molar-refractivity contribution in [3.63, 3.8) is 0 Å². The SMILES string of the molecule is CCN1CCC[C@H]1[C@H]1CCCN1C(=O)c1c[nH]c2ncccc12. The minimum absolute atomic E-state index is 0.162. The van der Waals surface area contributed by atoms with E-state index in [1.807, 2.05) is 18.3 Å². The molecule has 0 radical (unpaired) electrons. The minimum atomic E-state index is 0.162. The fourth-order valence-electron chi connectivity index (χ4n) is 4.41. The van der Waals surface area contributed by atoms with Crippen LogP contribution in [-0.2, 0) is 0 Å². The van der Waals surface area contributed by atoms with Gasteiger partial charge in [-0.25, -0.2) is 4.98 Å². The van der Waals surface area contributed by atoms with Crippen LogP contribution >= 0.6 is 0 Å². The third kappa shape index (κ3) is 2.43. The molecular formula is C18H24N4O. The lowest BCUT2D eigenvalue weighted by molar-refractivity contribution is 0.0652. The number of pyridine rings is 1. The van der Waals surface area contributed by atoms with Crippen molar-refractivity contribution < 1.29 is 4.79 Å². The smallest absolute Gasteiger partial charge is 0.256 e. The van der Waals surface area contributed by atoms with Crippen LogP contribution in [0.5, 0.6) is 0 Å². The monoisotopic (exact) mass is 312 g/mol. The number of fused-ring (bicyclic) bond motifs is 1. The molecule has 2 aromatic heterocycles. The van der Waals surface area contributed by atoms with E-state index in [0.29, 0.717) is 12.1 Å². The molecule has 122 valence electrons. The van der Waals surface area contributed by atoms with Crippen LogP contribution < -0.4 is 0 Å². The quantitative estimate of drug-likeness (QED) is 0.948. The standard InChI is InChI=1S/C18H24N4O/c1-2-21-10-4-7-15(21)16-8-5-11-22(16)18(23)14-12-20-17-13(14)6-3-9-19-17/h3,6,9,12,15-16H,2,4-5,7-8,10-11H2,1H3,(H,19,20)/t15-,16+/m0/s1. The first kappa shape index (κ1) is 14.7. The summed E-state index contributed by atoms with van der Waals surface area (Å²) in [5, 5.41) is 0.932. The Kier molecular flexibility index (Phi) is 3.81. The summed E-state index contributed by atoms with van der Waals surface area (Å²) < 4.78 is 0. The number of nitrogens with zero attached hydrogens (tertiary/aromatic N) is 3. The van der Waals surface area contributed by atoms with Gasteiger partial charge in [0.2, 0.25) is 0 Å². The van der Waals surface area contributed by atoms with E-state index in [9.17, 15) is 4.79 Å². The number of likely N-dealkylation sites (N-methyl/N-ethyl adjacent to an activating group) is 1. The summed E-state index contributed by atoms with van der Waals surface area (Å²) in [6, 6.07) is 4.77. The van der Waals surface area contributed by atoms with Crippen LogP contribution in [0.3, 0.4) is 0 Å². The zero-order valence-corrected chi connectivity index (χ0v) is 13.7. The highest BCUT2D eigenvalue weighted by Crippen LogP contribution is 2.31. The van der Waals surface area contributed by atoms with Crippen molar-refractivity contribution >= 4 is 16.9 Å². The highest BCUT2D eigenvalue weighted by molar-refractivity contribution is 6.06. The molecule has 23 heavy (non-hydrogen) atoms. The number of aromatic amines is 1. The number of likely N-dealkylation sites (tertiary alicyclic amines) is 2. The summed E-state index contributed by atoms with van der Waals surface area (Å²) in [5.74, 6) is 0.162. The van der Waals surface area contributed by atoms with E-state index >= 15 is 0 Å². The molecule has 2 aliphatic heterocycles. The third-order valence-corrected chi connectivity index (χ3v) is 5.51. The van der Waals surface area contributed by atoms with Crippen molar-refractivity contribution in [1.82, 2.24) is 19.8 Å². The Labute approximate surface area is 136 Å². The highest BCUT2D eigenvalue weighted by atomic mass is 16.2. The largest absolute Gasteiger partial charge is 0.345 e. The predicted molar refractivity (Wildman–Crippen MR) is 90.4 cm³/mol. The molecule has 0 spiro atoms. The number of H-pyrrole nitrogens is 1. The van der Waals surface area contributed by atoms with Gasteiger partial charge in [-0.15, -0.1) is 0 Å². The molecule has 2 fully saturated rings. The number of aromatic nitrogens is 2. The number of hydrogen-bond donors (Lipinski definition) is 1. The van der Waals surface area contributed by atoms with Crippen LogP contribution in [0.1, 0.15) is 43.0 Å². The minimum Gasteiger partial charge on any atom is -0.345 e. The lowest BCUT2D eigenvalue weighted by Gasteiger charge is -2.34. The van der Waals surface area contributed by atoms with Gasteiger partial charge >= 0.3 is 0 Å². The first-order chi connectivity index (χ1) is 11.3. The van der Waals surface area contributed by atoms with E-state index < -0.39 is 0 Å². The molecule has 2 atom stereocenters. The van der Waals surface area contributed by atoms with Crippen molar-refractivity contribution in [2.75, 3.05) is 19.6 Å². The Balaban J connectivity index is 1.62. The van der Waals surface area contributed by atoms with E-state index in [1.165, 1.54) is 19.4 Å². The second-order valence-electron chi connectivity index (χ2n) is 6.65. The molecular weight excluding hydrogens is 288 g/mol. The van der Waals surface area contributed by atoms with Crippen molar-refractivity contribution in [1.29, 1.82) is 0 Å². The maximum atomic E-state index is 13.1. The molecule has 5 nitrogen and oxygen atoms in total. The molecule has 2 aromatic rings. The van der Waals surface area contributed by atoms with E-state index in [-0.39, 0.29) is 5.91 Å². The normalized spacial score (nSPS) is 25.5. The molecule has 1 amide bonds. The molecule has 2 saturated heterocycles. The van der Waals surface area contributed by atoms with Crippen LogP contribution in [0.25, 0.3) is 11.0 Å². The van der Waals surface area contributed by atoms with Gasteiger partial charge in [0.05, 0.1) is 5.56 Å². The number of nitrogens with one attached hydrogen (secondary N) is 1. The summed E-state index contributed by atoms with van der Waals surface area (Å²) in [5.41, 5.74) is 1.56. The molecule has 0 unspecified atom stereocenters. The second kappa shape index (κ2) is 5.96. The maximum Gasteiger partial charge on any atom is 0.256 e. The summed E-state index contributed by atoms with van der Waals surface area (Å²) in [7, 11) is 0. The molecule has 4 heterocycles. The van der Waals surface area contributed by atoms with Crippen molar-refractivity contribution in [2.24, 2.45) is 0 Å². The van der Waals surface area contributed by atoms with Gasteiger partial charge in [0.25, 0.3) is 5.91 Å². The summed E-state index contributed by atoms with van der Waals surface area (Å²) in [6.07, 6.45) is 8.30. The van der Waals surface area contributed by atoms with Gasteiger partial charge in [0.15, 0.2) is 0 Å². The Morgan fingerprint density at radius 2 is 2.13 bits per heavy atom. The molecule has 0 saturated carbocycles. The second-order valence-corrected chi connectivity index (χ2v) is 6.65. The van der Waals surface area contributed by atoms with Crippen LogP contribution in [-0.4, -0.2) is 57.4 Å². The van der Waals surface area contributed by atoms with Gasteiger partial charge in [0.1, 0.15) is 5.65 Å². The van der Waals surface area contributed by atoms with Gasteiger partial charge in [0, 0.05) is 36.4 Å². The van der Waals surface area contributed by atoms with Crippen LogP contribution in [0, 0.1) is 0 Å². The third-order valence-electron chi connectivity index (χ3n) is 5.51. The Bertz CT molecular complexity index is 710. The van der Waals surface area contributed by atoms with Gasteiger partial charge in [-0.2, -0.15) is 0 Å². The van der Waals surface area contributed by atoms with Crippen molar-refractivity contribution in [3.8, 4) is 0 Å². The number of rotatable bonds is 3. The maximum absolute atomic E-state index is 13.1. The first-order valence-corrected chi connectivity index (χ1v) is 8.76. The summed E-state index contributed by atoms with van der Waals surface area (Å²) >= 11 is 0. The van der Waals surface area contributed by atoms with Crippen molar-refractivity contribution in [3.05, 3.63) is 30.1 Å². The molecule has 0 aliphatic carbocycles. The van der Waals surface area contributed by atoms with E-state index in [0.717, 1.165) is 42.5 Å². The lowest BCUT2D eigenvalue weighted by atomic mass is 10.0. The fourth-order valence-corrected chi connectivity index (χ4v) is 4.41. The van der Waals surface area contributed by atoms with E-state index in [2.05, 4.69) is 26.7 Å². The Morgan fingerprint density at radius 3 is 3.00 bits per heavy atom.